The third kappa shape index (κ3) is 3.88. The lowest BCUT2D eigenvalue weighted by Gasteiger charge is -2.51. The van der Waals surface area contributed by atoms with E-state index >= 15 is 0 Å². The van der Waals surface area contributed by atoms with Crippen molar-refractivity contribution in [2.75, 3.05) is 33.4 Å². The Morgan fingerprint density at radius 3 is 2.47 bits per heavy atom. The molecule has 1 saturated heterocycles. The molecule has 1 saturated carbocycles. The molecule has 3 aromatic rings. The summed E-state index contributed by atoms with van der Waals surface area (Å²) in [6.45, 7) is 1.68. The molecule has 2 fully saturated rings. The van der Waals surface area contributed by atoms with Gasteiger partial charge >= 0.3 is 0 Å². The molecule has 6 rings (SSSR count). The molecule has 0 unspecified atom stereocenters. The van der Waals surface area contributed by atoms with Crippen molar-refractivity contribution in [1.82, 2.24) is 19.4 Å². The first-order valence-electron chi connectivity index (χ1n) is 13.7. The van der Waals surface area contributed by atoms with Gasteiger partial charge in [-0.1, -0.05) is 12.8 Å². The minimum atomic E-state index is -0.386. The van der Waals surface area contributed by atoms with Gasteiger partial charge in [0.05, 0.1) is 25.3 Å². The van der Waals surface area contributed by atoms with E-state index in [1.54, 1.807) is 31.6 Å². The molecule has 3 aliphatic rings. The first kappa shape index (κ1) is 24.9. The van der Waals surface area contributed by atoms with Crippen molar-refractivity contribution in [3.05, 3.63) is 59.5 Å². The predicted octanol–water partition coefficient (Wildman–Crippen LogP) is 3.82. The molecule has 4 heterocycles. The number of aliphatic hydroxyl groups excluding tert-OH is 1. The Morgan fingerprint density at radius 2 is 1.82 bits per heavy atom. The normalized spacial score (nSPS) is 21.2. The van der Waals surface area contributed by atoms with E-state index in [0.717, 1.165) is 60.9 Å². The molecule has 1 aromatic carbocycles. The van der Waals surface area contributed by atoms with Crippen molar-refractivity contribution >= 4 is 22.7 Å². The van der Waals surface area contributed by atoms with Crippen LogP contribution in [0.5, 0.6) is 5.75 Å². The van der Waals surface area contributed by atoms with Crippen molar-refractivity contribution in [2.45, 2.75) is 50.0 Å². The number of rotatable bonds is 4. The van der Waals surface area contributed by atoms with Gasteiger partial charge in [0.1, 0.15) is 5.75 Å². The lowest BCUT2D eigenvalue weighted by atomic mass is 9.68. The van der Waals surface area contributed by atoms with Crippen LogP contribution in [0.2, 0.25) is 0 Å². The topological polar surface area (TPSA) is 87.9 Å². The first-order valence-corrected chi connectivity index (χ1v) is 13.7. The van der Waals surface area contributed by atoms with Crippen LogP contribution < -0.4 is 4.74 Å². The Kier molecular flexibility index (Phi) is 6.38. The maximum atomic E-state index is 13.9. The Hall–Kier alpha value is -3.39. The molecule has 38 heavy (non-hydrogen) atoms. The number of fused-ring (bicyclic) bond motifs is 4. The van der Waals surface area contributed by atoms with Crippen LogP contribution in [-0.2, 0) is 17.3 Å². The van der Waals surface area contributed by atoms with Gasteiger partial charge in [-0.25, -0.2) is 0 Å². The van der Waals surface area contributed by atoms with Crippen LogP contribution in [-0.4, -0.2) is 69.6 Å². The van der Waals surface area contributed by atoms with Crippen molar-refractivity contribution in [1.29, 1.82) is 0 Å². The summed E-state index contributed by atoms with van der Waals surface area (Å²) in [5.74, 6) is 1.00. The van der Waals surface area contributed by atoms with E-state index < -0.39 is 0 Å². The maximum absolute atomic E-state index is 13.9. The number of pyridine rings is 1. The zero-order chi connectivity index (χ0) is 26.4. The molecule has 8 nitrogen and oxygen atoms in total. The van der Waals surface area contributed by atoms with Crippen LogP contribution in [0.25, 0.3) is 10.9 Å². The number of nitrogens with zero attached hydrogens (tertiary/aromatic N) is 4. The Balaban J connectivity index is 1.43. The van der Waals surface area contributed by atoms with Crippen molar-refractivity contribution < 1.29 is 19.4 Å². The van der Waals surface area contributed by atoms with Gasteiger partial charge in [0, 0.05) is 73.1 Å². The van der Waals surface area contributed by atoms with Crippen LogP contribution in [0.3, 0.4) is 0 Å². The van der Waals surface area contributed by atoms with Gasteiger partial charge < -0.3 is 24.2 Å². The van der Waals surface area contributed by atoms with Crippen molar-refractivity contribution in [3.8, 4) is 5.75 Å². The van der Waals surface area contributed by atoms with E-state index in [9.17, 15) is 14.7 Å². The third-order valence-electron chi connectivity index (χ3n) is 9.24. The zero-order valence-corrected chi connectivity index (χ0v) is 22.2. The quantitative estimate of drug-likeness (QED) is 0.570. The van der Waals surface area contributed by atoms with E-state index in [2.05, 4.69) is 15.6 Å². The molecule has 1 atom stereocenters. The molecule has 2 aliphatic heterocycles. The van der Waals surface area contributed by atoms with E-state index in [1.807, 2.05) is 29.0 Å². The van der Waals surface area contributed by atoms with Crippen LogP contribution in [0.4, 0.5) is 0 Å². The van der Waals surface area contributed by atoms with Gasteiger partial charge in [-0.3, -0.25) is 14.6 Å². The van der Waals surface area contributed by atoms with Gasteiger partial charge in [-0.15, -0.1) is 0 Å². The molecule has 1 aliphatic carbocycles. The fraction of sp³-hybridized carbons (Fsp3) is 0.500. The summed E-state index contributed by atoms with van der Waals surface area (Å²) in [6.07, 6.45) is 8.84. The SMILES string of the molecule is COc1ccc2c3c(n(C)c2c1)[C@H](CO)N(C(=O)C1CCCC1)CC31CCN(C(=O)c2ccncc2)CC1. The molecular formula is C30H36N4O4. The second kappa shape index (κ2) is 9.73. The molecule has 1 N–H and O–H groups in total. The lowest BCUT2D eigenvalue weighted by molar-refractivity contribution is -0.141. The Labute approximate surface area is 223 Å². The molecular weight excluding hydrogens is 480 g/mol. The molecule has 200 valence electrons. The van der Waals surface area contributed by atoms with E-state index in [0.29, 0.717) is 25.2 Å². The van der Waals surface area contributed by atoms with E-state index in [-0.39, 0.29) is 35.8 Å². The minimum Gasteiger partial charge on any atom is -0.497 e. The lowest BCUT2D eigenvalue weighted by Crippen LogP contribution is -2.56. The molecule has 0 bridgehead atoms. The van der Waals surface area contributed by atoms with E-state index in [4.69, 9.17) is 4.74 Å². The second-order valence-corrected chi connectivity index (χ2v) is 11.2. The second-order valence-electron chi connectivity index (χ2n) is 11.2. The highest BCUT2D eigenvalue weighted by atomic mass is 16.5. The number of carbonyl (C=O) groups is 2. The number of hydrogen-bond donors (Lipinski definition) is 1. The monoisotopic (exact) mass is 516 g/mol. The highest BCUT2D eigenvalue weighted by Gasteiger charge is 2.50. The summed E-state index contributed by atoms with van der Waals surface area (Å²) in [4.78, 5) is 35.1. The van der Waals surface area contributed by atoms with Gasteiger partial charge in [0.25, 0.3) is 5.91 Å². The van der Waals surface area contributed by atoms with Gasteiger partial charge in [-0.05, 0) is 55.5 Å². The summed E-state index contributed by atoms with van der Waals surface area (Å²) in [7, 11) is 3.70. The van der Waals surface area contributed by atoms with Gasteiger partial charge in [-0.2, -0.15) is 0 Å². The summed E-state index contributed by atoms with van der Waals surface area (Å²) >= 11 is 0. The number of aryl methyl sites for hydroxylation is 1. The number of benzene rings is 1. The summed E-state index contributed by atoms with van der Waals surface area (Å²) < 4.78 is 7.68. The highest BCUT2D eigenvalue weighted by Crippen LogP contribution is 2.51. The van der Waals surface area contributed by atoms with Crippen molar-refractivity contribution in [2.24, 2.45) is 13.0 Å². The Bertz CT molecular complexity index is 1350. The molecule has 8 heteroatoms. The van der Waals surface area contributed by atoms with Gasteiger partial charge in [0.2, 0.25) is 5.91 Å². The van der Waals surface area contributed by atoms with Crippen molar-refractivity contribution in [3.63, 3.8) is 0 Å². The summed E-state index contributed by atoms with van der Waals surface area (Å²) in [6, 6.07) is 9.29. The summed E-state index contributed by atoms with van der Waals surface area (Å²) in [5.41, 5.74) is 3.64. The minimum absolute atomic E-state index is 0.0214. The van der Waals surface area contributed by atoms with E-state index in [1.165, 1.54) is 5.56 Å². The Morgan fingerprint density at radius 1 is 1.11 bits per heavy atom. The molecule has 2 amide bonds. The number of carbonyl (C=O) groups excluding carboxylic acids is 2. The number of aromatic nitrogens is 2. The smallest absolute Gasteiger partial charge is 0.253 e. The first-order chi connectivity index (χ1) is 18.5. The number of hydrogen-bond acceptors (Lipinski definition) is 5. The fourth-order valence-corrected chi connectivity index (χ4v) is 7.22. The molecule has 1 spiro atoms. The predicted molar refractivity (Wildman–Crippen MR) is 144 cm³/mol. The number of aliphatic hydroxyl groups is 1. The summed E-state index contributed by atoms with van der Waals surface area (Å²) in [5, 5.41) is 11.8. The van der Waals surface area contributed by atoms with Crippen LogP contribution in [0, 0.1) is 5.92 Å². The number of likely N-dealkylation sites (tertiary alicyclic amines) is 1. The largest absolute Gasteiger partial charge is 0.497 e. The van der Waals surface area contributed by atoms with Gasteiger partial charge in [0.15, 0.2) is 0 Å². The average Bonchev–Trinajstić information content (AvgIpc) is 3.61. The molecule has 2 aromatic heterocycles. The number of amides is 2. The highest BCUT2D eigenvalue weighted by molar-refractivity contribution is 5.94. The number of methoxy groups -OCH3 is 1. The van der Waals surface area contributed by atoms with Crippen LogP contribution in [0.15, 0.2) is 42.7 Å². The maximum Gasteiger partial charge on any atom is 0.253 e. The molecule has 0 radical (unpaired) electrons. The fourth-order valence-electron chi connectivity index (χ4n) is 7.22. The number of ether oxygens (including phenoxy) is 1. The van der Waals surface area contributed by atoms with Crippen LogP contribution in [0.1, 0.15) is 66.2 Å². The third-order valence-corrected chi connectivity index (χ3v) is 9.24. The zero-order valence-electron chi connectivity index (χ0n) is 22.2. The van der Waals surface area contributed by atoms with Crippen LogP contribution >= 0.6 is 0 Å². The number of piperidine rings is 1. The standard InChI is InChI=1S/C30H36N4O4/c1-32-24-17-22(38-2)7-8-23(24)26-27(32)25(18-35)34(29(37)20-5-3-4-6-20)19-30(26)11-15-33(16-12-30)28(36)21-9-13-31-14-10-21/h7-10,13-14,17,20,25,35H,3-6,11-12,15-16,18-19H2,1-2H3/t25-/m0/s1. The average molecular weight is 517 g/mol.